The van der Waals surface area contributed by atoms with Crippen LogP contribution in [0, 0.1) is 12.7 Å². The van der Waals surface area contributed by atoms with E-state index in [9.17, 15) is 9.18 Å². The first-order valence-corrected chi connectivity index (χ1v) is 8.31. The Morgan fingerprint density at radius 1 is 1.11 bits per heavy atom. The number of aryl methyl sites for hydroxylation is 1. The number of nitrogens with one attached hydrogen (secondary N) is 1. The molecule has 0 aliphatic carbocycles. The molecule has 0 saturated heterocycles. The molecular formula is C20H20FN3O3. The Hall–Kier alpha value is -3.35. The summed E-state index contributed by atoms with van der Waals surface area (Å²) >= 11 is 0. The smallest absolute Gasteiger partial charge is 0.316 e. The third-order valence-corrected chi connectivity index (χ3v) is 4.13. The second-order valence-electron chi connectivity index (χ2n) is 6.00. The standard InChI is InChI=1S/C20H20FN3O3/c1-13-10-16(26-2)8-9-17(13)22-20-23-19(25)18(27-3)12-24(20)11-14-4-6-15(21)7-5-14/h4-10,12H,11H2,1-3H3,(H,22,23,25). The molecule has 0 atom stereocenters. The lowest BCUT2D eigenvalue weighted by atomic mass is 10.2. The number of anilines is 2. The zero-order valence-corrected chi connectivity index (χ0v) is 15.3. The first-order chi connectivity index (χ1) is 13.0. The van der Waals surface area contributed by atoms with Crippen LogP contribution in [0.1, 0.15) is 11.1 Å². The van der Waals surface area contributed by atoms with Gasteiger partial charge in [0.05, 0.1) is 27.0 Å². The van der Waals surface area contributed by atoms with Crippen molar-refractivity contribution in [1.82, 2.24) is 9.55 Å². The van der Waals surface area contributed by atoms with Crippen LogP contribution in [0.4, 0.5) is 16.0 Å². The van der Waals surface area contributed by atoms with Gasteiger partial charge in [-0.2, -0.15) is 4.98 Å². The summed E-state index contributed by atoms with van der Waals surface area (Å²) in [4.78, 5) is 16.2. The highest BCUT2D eigenvalue weighted by molar-refractivity contribution is 5.60. The van der Waals surface area contributed by atoms with E-state index in [1.54, 1.807) is 30.0 Å². The largest absolute Gasteiger partial charge is 0.497 e. The fraction of sp³-hybridized carbons (Fsp3) is 0.200. The summed E-state index contributed by atoms with van der Waals surface area (Å²) in [6.07, 6.45) is 1.58. The van der Waals surface area contributed by atoms with Gasteiger partial charge in [0, 0.05) is 5.69 Å². The molecule has 6 nitrogen and oxygen atoms in total. The molecule has 1 aromatic heterocycles. The first kappa shape index (κ1) is 18.4. The van der Waals surface area contributed by atoms with E-state index in [-0.39, 0.29) is 11.6 Å². The monoisotopic (exact) mass is 369 g/mol. The van der Waals surface area contributed by atoms with Gasteiger partial charge in [-0.05, 0) is 48.4 Å². The van der Waals surface area contributed by atoms with Crippen LogP contribution in [-0.2, 0) is 6.54 Å². The quantitative estimate of drug-likeness (QED) is 0.720. The van der Waals surface area contributed by atoms with Gasteiger partial charge in [0.25, 0.3) is 0 Å². The van der Waals surface area contributed by atoms with Crippen LogP contribution in [0.5, 0.6) is 11.5 Å². The Labute approximate surface area is 156 Å². The average Bonchev–Trinajstić information content (AvgIpc) is 2.67. The van der Waals surface area contributed by atoms with Crippen molar-refractivity contribution in [3.8, 4) is 11.5 Å². The number of hydrogen-bond acceptors (Lipinski definition) is 5. The fourth-order valence-electron chi connectivity index (χ4n) is 2.64. The number of ether oxygens (including phenoxy) is 2. The summed E-state index contributed by atoms with van der Waals surface area (Å²) in [5, 5.41) is 3.18. The highest BCUT2D eigenvalue weighted by atomic mass is 19.1. The van der Waals surface area contributed by atoms with E-state index in [1.807, 2.05) is 25.1 Å². The molecule has 2 aromatic carbocycles. The van der Waals surface area contributed by atoms with Crippen molar-refractivity contribution in [3.05, 3.63) is 76.0 Å². The Balaban J connectivity index is 1.99. The molecule has 0 saturated carbocycles. The van der Waals surface area contributed by atoms with Crippen LogP contribution < -0.4 is 20.3 Å². The summed E-state index contributed by atoms with van der Waals surface area (Å²) in [6, 6.07) is 11.7. The lowest BCUT2D eigenvalue weighted by Gasteiger charge is -2.16. The predicted molar refractivity (Wildman–Crippen MR) is 102 cm³/mol. The number of methoxy groups -OCH3 is 2. The van der Waals surface area contributed by atoms with Gasteiger partial charge < -0.3 is 19.4 Å². The molecule has 0 amide bonds. The number of hydrogen-bond donors (Lipinski definition) is 1. The Kier molecular flexibility index (Phi) is 5.40. The van der Waals surface area contributed by atoms with Gasteiger partial charge in [-0.25, -0.2) is 4.39 Å². The summed E-state index contributed by atoms with van der Waals surface area (Å²) in [6.45, 7) is 2.32. The molecule has 27 heavy (non-hydrogen) atoms. The van der Waals surface area contributed by atoms with Crippen molar-refractivity contribution in [2.24, 2.45) is 0 Å². The number of nitrogens with zero attached hydrogens (tertiary/aromatic N) is 2. The summed E-state index contributed by atoms with van der Waals surface area (Å²) in [5.74, 6) is 0.929. The highest BCUT2D eigenvalue weighted by Gasteiger charge is 2.11. The molecule has 3 rings (SSSR count). The number of aromatic nitrogens is 2. The molecule has 140 valence electrons. The lowest BCUT2D eigenvalue weighted by molar-refractivity contribution is 0.402. The summed E-state index contributed by atoms with van der Waals surface area (Å²) in [7, 11) is 3.02. The normalized spacial score (nSPS) is 10.5. The first-order valence-electron chi connectivity index (χ1n) is 8.31. The number of halogens is 1. The molecule has 0 unspecified atom stereocenters. The van der Waals surface area contributed by atoms with Gasteiger partial charge in [0.1, 0.15) is 11.6 Å². The maximum atomic E-state index is 13.2. The van der Waals surface area contributed by atoms with Crippen molar-refractivity contribution in [3.63, 3.8) is 0 Å². The maximum Gasteiger partial charge on any atom is 0.316 e. The summed E-state index contributed by atoms with van der Waals surface area (Å²) in [5.41, 5.74) is 2.12. The van der Waals surface area contributed by atoms with Crippen LogP contribution in [0.15, 0.2) is 53.5 Å². The van der Waals surface area contributed by atoms with Crippen LogP contribution in [0.2, 0.25) is 0 Å². The van der Waals surface area contributed by atoms with Crippen molar-refractivity contribution in [2.45, 2.75) is 13.5 Å². The van der Waals surface area contributed by atoms with Crippen LogP contribution in [0.3, 0.4) is 0 Å². The second kappa shape index (κ2) is 7.90. The molecule has 0 aliphatic heterocycles. The van der Waals surface area contributed by atoms with Crippen molar-refractivity contribution < 1.29 is 13.9 Å². The van der Waals surface area contributed by atoms with E-state index in [1.165, 1.54) is 19.2 Å². The zero-order chi connectivity index (χ0) is 19.4. The Morgan fingerprint density at radius 3 is 2.48 bits per heavy atom. The minimum absolute atomic E-state index is 0.133. The van der Waals surface area contributed by atoms with Crippen LogP contribution in [-0.4, -0.2) is 23.8 Å². The molecule has 7 heteroatoms. The third kappa shape index (κ3) is 4.25. The van der Waals surface area contributed by atoms with E-state index < -0.39 is 5.56 Å². The molecule has 0 bridgehead atoms. The SMILES string of the molecule is COc1ccc(Nc2nc(=O)c(OC)cn2Cc2ccc(F)cc2)c(C)c1. The Morgan fingerprint density at radius 2 is 1.85 bits per heavy atom. The van der Waals surface area contributed by atoms with E-state index in [2.05, 4.69) is 10.3 Å². The van der Waals surface area contributed by atoms with Crippen molar-refractivity contribution >= 4 is 11.6 Å². The second-order valence-corrected chi connectivity index (χ2v) is 6.00. The third-order valence-electron chi connectivity index (χ3n) is 4.13. The van der Waals surface area contributed by atoms with Gasteiger partial charge >= 0.3 is 5.56 Å². The molecule has 0 fully saturated rings. The van der Waals surface area contributed by atoms with Crippen molar-refractivity contribution in [2.75, 3.05) is 19.5 Å². The van der Waals surface area contributed by atoms with Gasteiger partial charge in [-0.15, -0.1) is 0 Å². The predicted octanol–water partition coefficient (Wildman–Crippen LogP) is 3.50. The van der Waals surface area contributed by atoms with Gasteiger partial charge in [-0.3, -0.25) is 4.79 Å². The topological polar surface area (TPSA) is 65.4 Å². The van der Waals surface area contributed by atoms with Gasteiger partial charge in [0.15, 0.2) is 0 Å². The van der Waals surface area contributed by atoms with Crippen LogP contribution in [0.25, 0.3) is 0 Å². The number of rotatable bonds is 6. The molecule has 0 radical (unpaired) electrons. The fourth-order valence-corrected chi connectivity index (χ4v) is 2.64. The van der Waals surface area contributed by atoms with E-state index in [0.29, 0.717) is 12.5 Å². The summed E-state index contributed by atoms with van der Waals surface area (Å²) < 4.78 is 25.2. The van der Waals surface area contributed by atoms with Crippen molar-refractivity contribution in [1.29, 1.82) is 0 Å². The molecule has 1 heterocycles. The van der Waals surface area contributed by atoms with E-state index in [0.717, 1.165) is 22.6 Å². The van der Waals surface area contributed by atoms with Crippen LogP contribution >= 0.6 is 0 Å². The molecule has 0 spiro atoms. The molecular weight excluding hydrogens is 349 g/mol. The van der Waals surface area contributed by atoms with E-state index in [4.69, 9.17) is 9.47 Å². The lowest BCUT2D eigenvalue weighted by Crippen LogP contribution is -2.19. The van der Waals surface area contributed by atoms with Gasteiger partial charge in [0.2, 0.25) is 11.7 Å². The van der Waals surface area contributed by atoms with E-state index >= 15 is 0 Å². The molecule has 3 aromatic rings. The molecule has 0 aliphatic rings. The minimum atomic E-state index is -0.471. The molecule has 1 N–H and O–H groups in total. The highest BCUT2D eigenvalue weighted by Crippen LogP contribution is 2.24. The number of benzene rings is 2. The average molecular weight is 369 g/mol. The minimum Gasteiger partial charge on any atom is -0.497 e. The Bertz CT molecular complexity index is 1000. The van der Waals surface area contributed by atoms with Gasteiger partial charge in [-0.1, -0.05) is 12.1 Å². The zero-order valence-electron chi connectivity index (χ0n) is 15.3. The maximum absolute atomic E-state index is 13.2.